The van der Waals surface area contributed by atoms with Crippen LogP contribution >= 0.6 is 0 Å². The summed E-state index contributed by atoms with van der Waals surface area (Å²) in [5.74, 6) is -0.0620. The molecule has 14 heavy (non-hydrogen) atoms. The van der Waals surface area contributed by atoms with Crippen LogP contribution in [0.1, 0.15) is 18.1 Å². The third kappa shape index (κ3) is 3.12. The van der Waals surface area contributed by atoms with Gasteiger partial charge >= 0.3 is 0 Å². The zero-order valence-corrected chi connectivity index (χ0v) is 9.17. The average Bonchev–Trinajstić information content (AvgIpc) is 2.19. The molecule has 0 N–H and O–H groups in total. The number of hydrogen-bond donors (Lipinski definition) is 0. The number of benzene rings is 1. The number of rotatable bonds is 4. The van der Waals surface area contributed by atoms with Crippen LogP contribution in [0.15, 0.2) is 24.3 Å². The van der Waals surface area contributed by atoms with Crippen LogP contribution in [0.25, 0.3) is 0 Å². The molecule has 0 aliphatic heterocycles. The summed E-state index contributed by atoms with van der Waals surface area (Å²) in [6.45, 7) is 2.06. The van der Waals surface area contributed by atoms with Gasteiger partial charge in [-0.25, -0.2) is 0 Å². The van der Waals surface area contributed by atoms with Crippen LogP contribution in [0, 0.1) is 0 Å². The molecular weight excluding hydrogens is 200 g/mol. The number of aryl methyl sites for hydroxylation is 1. The Kier molecular flexibility index (Phi) is 3.66. The summed E-state index contributed by atoms with van der Waals surface area (Å²) < 4.78 is 26.6. The lowest BCUT2D eigenvalue weighted by Crippen LogP contribution is -2.05. The molecule has 0 bridgehead atoms. The quantitative estimate of drug-likeness (QED) is 0.717. The van der Waals surface area contributed by atoms with Crippen LogP contribution in [0.2, 0.25) is 0 Å². The fourth-order valence-corrected chi connectivity index (χ4v) is 1.85. The van der Waals surface area contributed by atoms with Crippen molar-refractivity contribution in [1.29, 1.82) is 0 Å². The third-order valence-corrected chi connectivity index (χ3v) is 3.22. The fraction of sp³-hybridized carbons (Fsp3) is 0.400. The van der Waals surface area contributed by atoms with Gasteiger partial charge in [0.1, 0.15) is 5.75 Å². The van der Waals surface area contributed by atoms with Crippen molar-refractivity contribution in [2.45, 2.75) is 19.1 Å². The molecule has 0 unspecified atom stereocenters. The maximum absolute atomic E-state index is 11.1. The molecule has 0 saturated heterocycles. The van der Waals surface area contributed by atoms with Gasteiger partial charge in [-0.3, -0.25) is 4.18 Å². The second-order valence-corrected chi connectivity index (χ2v) is 4.78. The summed E-state index contributed by atoms with van der Waals surface area (Å²) >= 11 is 0. The molecule has 78 valence electrons. The van der Waals surface area contributed by atoms with Gasteiger partial charge in [-0.15, -0.1) is 0 Å². The minimum atomic E-state index is -3.39. The first-order valence-electron chi connectivity index (χ1n) is 4.43. The molecule has 0 heterocycles. The van der Waals surface area contributed by atoms with Crippen LogP contribution in [0.4, 0.5) is 0 Å². The average molecular weight is 214 g/mol. The summed E-state index contributed by atoms with van der Waals surface area (Å²) in [7, 11) is -2.22. The predicted octanol–water partition coefficient (Wildman–Crippen LogP) is 1.73. The van der Waals surface area contributed by atoms with Gasteiger partial charge in [0.05, 0.1) is 7.11 Å². The molecule has 1 rings (SSSR count). The van der Waals surface area contributed by atoms with Crippen molar-refractivity contribution in [3.63, 3.8) is 0 Å². The summed E-state index contributed by atoms with van der Waals surface area (Å²) in [6, 6.07) is 7.49. The molecule has 0 aliphatic carbocycles. The zero-order valence-electron chi connectivity index (χ0n) is 8.36. The molecule has 0 radical (unpaired) electrons. The highest BCUT2D eigenvalue weighted by Gasteiger charge is 2.09. The predicted molar refractivity (Wildman–Crippen MR) is 55.5 cm³/mol. The molecular formula is C10H14O3S. The van der Waals surface area contributed by atoms with Crippen molar-refractivity contribution in [2.75, 3.05) is 7.11 Å². The molecule has 0 aliphatic rings. The second kappa shape index (κ2) is 4.57. The normalized spacial score (nSPS) is 11.6. The molecule has 0 fully saturated rings. The molecule has 0 spiro atoms. The van der Waals surface area contributed by atoms with Crippen molar-refractivity contribution in [1.82, 2.24) is 0 Å². The fourth-order valence-electron chi connectivity index (χ4n) is 1.13. The Bertz CT molecular complexity index is 378. The van der Waals surface area contributed by atoms with E-state index in [2.05, 4.69) is 11.1 Å². The Morgan fingerprint density at radius 2 is 1.64 bits per heavy atom. The van der Waals surface area contributed by atoms with E-state index in [9.17, 15) is 8.42 Å². The van der Waals surface area contributed by atoms with Crippen LogP contribution in [0.3, 0.4) is 0 Å². The summed E-state index contributed by atoms with van der Waals surface area (Å²) in [5, 5.41) is 0. The summed E-state index contributed by atoms with van der Waals surface area (Å²) in [6.07, 6.45) is 0.956. The van der Waals surface area contributed by atoms with E-state index in [1.54, 1.807) is 0 Å². The highest BCUT2D eigenvalue weighted by Crippen LogP contribution is 2.09. The minimum Gasteiger partial charge on any atom is -0.273 e. The lowest BCUT2D eigenvalue weighted by atomic mass is 10.1. The van der Waals surface area contributed by atoms with Gasteiger partial charge in [0, 0.05) is 0 Å². The SMILES string of the molecule is CCc1ccc(CS(=O)(=O)OC)cc1. The van der Waals surface area contributed by atoms with Gasteiger partial charge in [-0.1, -0.05) is 31.2 Å². The van der Waals surface area contributed by atoms with Crippen molar-refractivity contribution in [2.24, 2.45) is 0 Å². The third-order valence-electron chi connectivity index (χ3n) is 2.03. The number of hydrogen-bond acceptors (Lipinski definition) is 3. The molecule has 4 heteroatoms. The van der Waals surface area contributed by atoms with Gasteiger partial charge in [0.25, 0.3) is 10.1 Å². The van der Waals surface area contributed by atoms with Crippen molar-refractivity contribution in [3.8, 4) is 0 Å². The van der Waals surface area contributed by atoms with E-state index in [4.69, 9.17) is 0 Å². The summed E-state index contributed by atoms with van der Waals surface area (Å²) in [4.78, 5) is 0. The van der Waals surface area contributed by atoms with Crippen molar-refractivity contribution >= 4 is 10.1 Å². The molecule has 3 nitrogen and oxygen atoms in total. The van der Waals surface area contributed by atoms with Crippen LogP contribution in [0.5, 0.6) is 0 Å². The Balaban J connectivity index is 2.79. The van der Waals surface area contributed by atoms with Gasteiger partial charge in [-0.2, -0.15) is 8.42 Å². The van der Waals surface area contributed by atoms with Gasteiger partial charge < -0.3 is 0 Å². The highest BCUT2D eigenvalue weighted by molar-refractivity contribution is 7.85. The largest absolute Gasteiger partial charge is 0.273 e. The van der Waals surface area contributed by atoms with Gasteiger partial charge in [0.2, 0.25) is 0 Å². The smallest absolute Gasteiger partial charge is 0.271 e. The topological polar surface area (TPSA) is 43.4 Å². The Hall–Kier alpha value is -0.870. The zero-order chi connectivity index (χ0) is 10.6. The van der Waals surface area contributed by atoms with E-state index >= 15 is 0 Å². The highest BCUT2D eigenvalue weighted by atomic mass is 32.2. The van der Waals surface area contributed by atoms with Crippen LogP contribution < -0.4 is 0 Å². The van der Waals surface area contributed by atoms with Crippen LogP contribution in [-0.2, 0) is 26.5 Å². The standard InChI is InChI=1S/C10H14O3S/c1-3-9-4-6-10(7-5-9)8-14(11,12)13-2/h4-7H,3,8H2,1-2H3. The first-order chi connectivity index (χ1) is 6.57. The van der Waals surface area contributed by atoms with Crippen LogP contribution in [-0.4, -0.2) is 15.5 Å². The molecule has 0 aromatic heterocycles. The van der Waals surface area contributed by atoms with E-state index in [0.717, 1.165) is 12.0 Å². The summed E-state index contributed by atoms with van der Waals surface area (Å²) in [5.41, 5.74) is 1.95. The Labute approximate surface area is 84.8 Å². The van der Waals surface area contributed by atoms with Gasteiger partial charge in [-0.05, 0) is 17.5 Å². The van der Waals surface area contributed by atoms with E-state index in [0.29, 0.717) is 0 Å². The van der Waals surface area contributed by atoms with E-state index < -0.39 is 10.1 Å². The first kappa shape index (κ1) is 11.2. The van der Waals surface area contributed by atoms with E-state index in [1.807, 2.05) is 24.3 Å². The van der Waals surface area contributed by atoms with Crippen molar-refractivity contribution < 1.29 is 12.6 Å². The second-order valence-electron chi connectivity index (χ2n) is 3.04. The van der Waals surface area contributed by atoms with Gasteiger partial charge in [0.15, 0.2) is 0 Å². The molecule has 0 saturated carbocycles. The molecule has 0 amide bonds. The molecule has 0 atom stereocenters. The Morgan fingerprint density at radius 1 is 1.14 bits per heavy atom. The molecule has 1 aromatic carbocycles. The van der Waals surface area contributed by atoms with E-state index in [1.165, 1.54) is 12.7 Å². The lowest BCUT2D eigenvalue weighted by molar-refractivity contribution is 0.397. The Morgan fingerprint density at radius 3 is 2.07 bits per heavy atom. The monoisotopic (exact) mass is 214 g/mol. The maximum Gasteiger partial charge on any atom is 0.271 e. The lowest BCUT2D eigenvalue weighted by Gasteiger charge is -2.02. The van der Waals surface area contributed by atoms with Crippen molar-refractivity contribution in [3.05, 3.63) is 35.4 Å². The minimum absolute atomic E-state index is 0.0620. The first-order valence-corrected chi connectivity index (χ1v) is 6.01. The van der Waals surface area contributed by atoms with E-state index in [-0.39, 0.29) is 5.75 Å². The molecule has 1 aromatic rings. The maximum atomic E-state index is 11.1.